The van der Waals surface area contributed by atoms with Gasteiger partial charge in [-0.3, -0.25) is 4.79 Å². The first-order valence-corrected chi connectivity index (χ1v) is 14.4. The molecule has 1 atom stereocenters. The van der Waals surface area contributed by atoms with Gasteiger partial charge in [0, 0.05) is 24.4 Å². The van der Waals surface area contributed by atoms with E-state index < -0.39 is 0 Å². The number of carbonyl (C=O) groups excluding carboxylic acids is 1. The smallest absolute Gasteiger partial charge is 0.306 e. The standard InChI is InChI=1S/C32H46FNO4/c1-4-5-6-7-8-9-10-14-30(35)38-31(28-12-11-13-29(36-2)32(28)37-3)26-20-23-34(24-21-26)22-19-25-15-17-27(33)18-16-25/h11-13,15-18,26,31H,4-10,14,19-24H2,1-3H3. The summed E-state index contributed by atoms with van der Waals surface area (Å²) in [5.41, 5.74) is 2.02. The number of rotatable bonds is 16. The lowest BCUT2D eigenvalue weighted by Gasteiger charge is -2.36. The SMILES string of the molecule is CCCCCCCCCC(=O)OC(c1cccc(OC)c1OC)C1CCN(CCc2ccc(F)cc2)CC1. The van der Waals surface area contributed by atoms with Crippen LogP contribution in [0, 0.1) is 11.7 Å². The molecule has 1 heterocycles. The summed E-state index contributed by atoms with van der Waals surface area (Å²) in [6, 6.07) is 12.6. The number of esters is 1. The fourth-order valence-corrected chi connectivity index (χ4v) is 5.39. The molecule has 6 heteroatoms. The van der Waals surface area contributed by atoms with Crippen LogP contribution in [0.2, 0.25) is 0 Å². The minimum Gasteiger partial charge on any atom is -0.493 e. The van der Waals surface area contributed by atoms with E-state index in [1.165, 1.54) is 44.2 Å². The van der Waals surface area contributed by atoms with Gasteiger partial charge in [-0.1, -0.05) is 69.7 Å². The van der Waals surface area contributed by atoms with Crippen LogP contribution in [-0.2, 0) is 16.0 Å². The Morgan fingerprint density at radius 1 is 0.947 bits per heavy atom. The van der Waals surface area contributed by atoms with Crippen molar-refractivity contribution < 1.29 is 23.4 Å². The predicted molar refractivity (Wildman–Crippen MR) is 150 cm³/mol. The van der Waals surface area contributed by atoms with Gasteiger partial charge in [0.25, 0.3) is 0 Å². The van der Waals surface area contributed by atoms with Gasteiger partial charge in [0.1, 0.15) is 11.9 Å². The summed E-state index contributed by atoms with van der Waals surface area (Å²) in [6.07, 6.45) is 11.0. The molecule has 0 radical (unpaired) electrons. The second-order valence-electron chi connectivity index (χ2n) is 10.4. The molecule has 1 aliphatic rings. The summed E-state index contributed by atoms with van der Waals surface area (Å²) >= 11 is 0. The van der Waals surface area contributed by atoms with E-state index in [1.54, 1.807) is 14.2 Å². The third kappa shape index (κ3) is 9.30. The maximum absolute atomic E-state index is 13.2. The molecule has 0 aromatic heterocycles. The van der Waals surface area contributed by atoms with Crippen molar-refractivity contribution in [2.75, 3.05) is 33.9 Å². The van der Waals surface area contributed by atoms with Crippen molar-refractivity contribution in [1.82, 2.24) is 4.90 Å². The molecule has 0 N–H and O–H groups in total. The van der Waals surface area contributed by atoms with Crippen LogP contribution in [0.15, 0.2) is 42.5 Å². The molecule has 0 amide bonds. The van der Waals surface area contributed by atoms with Gasteiger partial charge in [-0.15, -0.1) is 0 Å². The molecule has 1 unspecified atom stereocenters. The quantitative estimate of drug-likeness (QED) is 0.167. The summed E-state index contributed by atoms with van der Waals surface area (Å²) in [4.78, 5) is 15.4. The van der Waals surface area contributed by atoms with E-state index in [0.717, 1.165) is 62.9 Å². The van der Waals surface area contributed by atoms with Crippen LogP contribution >= 0.6 is 0 Å². The van der Waals surface area contributed by atoms with Crippen molar-refractivity contribution in [3.05, 3.63) is 59.4 Å². The van der Waals surface area contributed by atoms with Gasteiger partial charge in [0.15, 0.2) is 11.5 Å². The lowest BCUT2D eigenvalue weighted by molar-refractivity contribution is -0.153. The molecule has 1 saturated heterocycles. The number of nitrogens with zero attached hydrogens (tertiary/aromatic N) is 1. The van der Waals surface area contributed by atoms with Crippen LogP contribution in [0.5, 0.6) is 11.5 Å². The molecule has 0 spiro atoms. The third-order valence-corrected chi connectivity index (χ3v) is 7.67. The van der Waals surface area contributed by atoms with Gasteiger partial charge in [-0.2, -0.15) is 0 Å². The molecular formula is C32H46FNO4. The largest absolute Gasteiger partial charge is 0.493 e. The van der Waals surface area contributed by atoms with Crippen molar-refractivity contribution in [1.29, 1.82) is 0 Å². The topological polar surface area (TPSA) is 48.0 Å². The first kappa shape index (κ1) is 29.9. The highest BCUT2D eigenvalue weighted by Gasteiger charge is 2.33. The molecule has 2 aromatic rings. The number of carbonyl (C=O) groups is 1. The minimum atomic E-state index is -0.364. The Labute approximate surface area is 228 Å². The number of hydrogen-bond donors (Lipinski definition) is 0. The molecule has 210 valence electrons. The normalized spacial score (nSPS) is 15.3. The van der Waals surface area contributed by atoms with Crippen molar-refractivity contribution in [2.45, 2.75) is 83.7 Å². The first-order chi connectivity index (χ1) is 18.5. The average molecular weight is 528 g/mol. The molecule has 1 fully saturated rings. The number of halogens is 1. The zero-order valence-electron chi connectivity index (χ0n) is 23.6. The highest BCUT2D eigenvalue weighted by Crippen LogP contribution is 2.42. The van der Waals surface area contributed by atoms with Gasteiger partial charge in [-0.25, -0.2) is 4.39 Å². The summed E-state index contributed by atoms with van der Waals surface area (Å²) in [6.45, 7) is 5.03. The van der Waals surface area contributed by atoms with E-state index in [1.807, 2.05) is 30.3 Å². The van der Waals surface area contributed by atoms with Crippen LogP contribution < -0.4 is 9.47 Å². The van der Waals surface area contributed by atoms with Gasteiger partial charge in [0.2, 0.25) is 0 Å². The summed E-state index contributed by atoms with van der Waals surface area (Å²) in [5.74, 6) is 1.16. The van der Waals surface area contributed by atoms with E-state index in [4.69, 9.17) is 14.2 Å². The zero-order valence-corrected chi connectivity index (χ0v) is 23.6. The fourth-order valence-electron chi connectivity index (χ4n) is 5.39. The number of piperidine rings is 1. The number of ether oxygens (including phenoxy) is 3. The van der Waals surface area contributed by atoms with Crippen LogP contribution in [0.1, 0.15) is 88.4 Å². The Hall–Kier alpha value is -2.60. The first-order valence-electron chi connectivity index (χ1n) is 14.4. The van der Waals surface area contributed by atoms with E-state index in [0.29, 0.717) is 17.9 Å². The molecule has 2 aromatic carbocycles. The number of methoxy groups -OCH3 is 2. The van der Waals surface area contributed by atoms with Gasteiger partial charge in [0.05, 0.1) is 14.2 Å². The Kier molecular flexibility index (Phi) is 12.9. The summed E-state index contributed by atoms with van der Waals surface area (Å²) < 4.78 is 30.7. The molecular weight excluding hydrogens is 481 g/mol. The number of hydrogen-bond acceptors (Lipinski definition) is 5. The van der Waals surface area contributed by atoms with E-state index in [9.17, 15) is 9.18 Å². The van der Waals surface area contributed by atoms with Gasteiger partial charge >= 0.3 is 5.97 Å². The maximum Gasteiger partial charge on any atom is 0.306 e. The van der Waals surface area contributed by atoms with Crippen molar-refractivity contribution >= 4 is 5.97 Å². The zero-order chi connectivity index (χ0) is 27.2. The lowest BCUT2D eigenvalue weighted by atomic mass is 9.86. The predicted octanol–water partition coefficient (Wildman–Crippen LogP) is 7.52. The van der Waals surface area contributed by atoms with Crippen LogP contribution in [0.3, 0.4) is 0 Å². The van der Waals surface area contributed by atoms with Crippen molar-refractivity contribution in [3.8, 4) is 11.5 Å². The average Bonchev–Trinajstić information content (AvgIpc) is 2.95. The van der Waals surface area contributed by atoms with Crippen LogP contribution in [0.4, 0.5) is 4.39 Å². The molecule has 0 saturated carbocycles. The highest BCUT2D eigenvalue weighted by molar-refractivity contribution is 5.70. The molecule has 38 heavy (non-hydrogen) atoms. The summed E-state index contributed by atoms with van der Waals surface area (Å²) in [7, 11) is 3.26. The molecule has 0 bridgehead atoms. The lowest BCUT2D eigenvalue weighted by Crippen LogP contribution is -2.37. The third-order valence-electron chi connectivity index (χ3n) is 7.67. The second-order valence-corrected chi connectivity index (χ2v) is 10.4. The van der Waals surface area contributed by atoms with Gasteiger partial charge < -0.3 is 19.1 Å². The number of benzene rings is 2. The van der Waals surface area contributed by atoms with Crippen molar-refractivity contribution in [3.63, 3.8) is 0 Å². The minimum absolute atomic E-state index is 0.132. The van der Waals surface area contributed by atoms with Crippen LogP contribution in [-0.4, -0.2) is 44.7 Å². The summed E-state index contributed by atoms with van der Waals surface area (Å²) in [5, 5.41) is 0. The number of para-hydroxylation sites is 1. The Morgan fingerprint density at radius 2 is 1.63 bits per heavy atom. The van der Waals surface area contributed by atoms with E-state index >= 15 is 0 Å². The second kappa shape index (κ2) is 16.4. The van der Waals surface area contributed by atoms with Crippen molar-refractivity contribution in [2.24, 2.45) is 5.92 Å². The molecule has 1 aliphatic heterocycles. The van der Waals surface area contributed by atoms with Crippen LogP contribution in [0.25, 0.3) is 0 Å². The Morgan fingerprint density at radius 3 is 2.29 bits per heavy atom. The number of likely N-dealkylation sites (tertiary alicyclic amines) is 1. The Balaban J connectivity index is 1.60. The van der Waals surface area contributed by atoms with E-state index in [-0.39, 0.29) is 23.8 Å². The molecule has 5 nitrogen and oxygen atoms in total. The highest BCUT2D eigenvalue weighted by atomic mass is 19.1. The monoisotopic (exact) mass is 527 g/mol. The maximum atomic E-state index is 13.2. The van der Waals surface area contributed by atoms with E-state index in [2.05, 4.69) is 11.8 Å². The molecule has 3 rings (SSSR count). The Bertz CT molecular complexity index is 956. The molecule has 0 aliphatic carbocycles. The van der Waals surface area contributed by atoms with Gasteiger partial charge in [-0.05, 0) is 62.5 Å². The number of unbranched alkanes of at least 4 members (excludes halogenated alkanes) is 6. The fraction of sp³-hybridized carbons (Fsp3) is 0.594.